The van der Waals surface area contributed by atoms with Gasteiger partial charge in [0, 0.05) is 6.04 Å². The molecule has 2 rings (SSSR count). The lowest BCUT2D eigenvalue weighted by Crippen LogP contribution is -2.21. The first-order valence-electron chi connectivity index (χ1n) is 7.51. The largest absolute Gasteiger partial charge is 0.310 e. The van der Waals surface area contributed by atoms with E-state index in [1.807, 2.05) is 0 Å². The highest BCUT2D eigenvalue weighted by atomic mass is 14.9. The summed E-state index contributed by atoms with van der Waals surface area (Å²) in [5.74, 6) is 1.71. The van der Waals surface area contributed by atoms with Crippen molar-refractivity contribution in [3.63, 3.8) is 0 Å². The van der Waals surface area contributed by atoms with Crippen LogP contribution in [0.3, 0.4) is 0 Å². The highest BCUT2D eigenvalue weighted by Crippen LogP contribution is 2.37. The first-order valence-corrected chi connectivity index (χ1v) is 7.51. The number of hydrogen-bond acceptors (Lipinski definition) is 1. The average molecular weight is 245 g/mol. The summed E-state index contributed by atoms with van der Waals surface area (Å²) >= 11 is 0. The Kier molecular flexibility index (Phi) is 4.82. The maximum absolute atomic E-state index is 3.65. The molecule has 0 saturated heterocycles. The minimum absolute atomic E-state index is 0.564. The summed E-state index contributed by atoms with van der Waals surface area (Å²) in [6.07, 6.45) is 5.39. The molecule has 1 aromatic rings. The van der Waals surface area contributed by atoms with Gasteiger partial charge >= 0.3 is 0 Å². The van der Waals surface area contributed by atoms with Crippen LogP contribution in [0.15, 0.2) is 24.3 Å². The fourth-order valence-corrected chi connectivity index (χ4v) is 2.68. The van der Waals surface area contributed by atoms with Gasteiger partial charge in [0.1, 0.15) is 0 Å². The highest BCUT2D eigenvalue weighted by molar-refractivity contribution is 5.26. The first-order chi connectivity index (χ1) is 8.69. The van der Waals surface area contributed by atoms with Crippen molar-refractivity contribution in [2.75, 3.05) is 6.54 Å². The van der Waals surface area contributed by atoms with Crippen molar-refractivity contribution >= 4 is 0 Å². The van der Waals surface area contributed by atoms with E-state index in [1.165, 1.54) is 36.8 Å². The van der Waals surface area contributed by atoms with E-state index in [1.54, 1.807) is 0 Å². The van der Waals surface area contributed by atoms with E-state index in [-0.39, 0.29) is 0 Å². The fraction of sp³-hybridized carbons (Fsp3) is 0.647. The SMILES string of the molecule is CCNC(CC1CC1)c1cccc(CC(C)C)c1. The molecule has 0 amide bonds. The third-order valence-electron chi connectivity index (χ3n) is 3.71. The zero-order valence-electron chi connectivity index (χ0n) is 12.1. The summed E-state index contributed by atoms with van der Waals surface area (Å²) in [6, 6.07) is 9.76. The van der Waals surface area contributed by atoms with Gasteiger partial charge in [-0.25, -0.2) is 0 Å². The Morgan fingerprint density at radius 2 is 2.06 bits per heavy atom. The van der Waals surface area contributed by atoms with Crippen molar-refractivity contribution in [1.82, 2.24) is 5.32 Å². The van der Waals surface area contributed by atoms with Crippen molar-refractivity contribution in [3.8, 4) is 0 Å². The molecule has 1 unspecified atom stereocenters. The van der Waals surface area contributed by atoms with Gasteiger partial charge < -0.3 is 5.32 Å². The Balaban J connectivity index is 2.07. The lowest BCUT2D eigenvalue weighted by molar-refractivity contribution is 0.486. The maximum atomic E-state index is 3.65. The van der Waals surface area contributed by atoms with Gasteiger partial charge in [-0.15, -0.1) is 0 Å². The second-order valence-corrected chi connectivity index (χ2v) is 6.13. The van der Waals surface area contributed by atoms with E-state index in [0.29, 0.717) is 6.04 Å². The molecule has 1 saturated carbocycles. The summed E-state index contributed by atoms with van der Waals surface area (Å²) in [5, 5.41) is 3.65. The lowest BCUT2D eigenvalue weighted by atomic mass is 9.96. The van der Waals surface area contributed by atoms with E-state index in [0.717, 1.165) is 18.4 Å². The van der Waals surface area contributed by atoms with Crippen LogP contribution >= 0.6 is 0 Å². The van der Waals surface area contributed by atoms with Crippen molar-refractivity contribution in [2.24, 2.45) is 11.8 Å². The zero-order valence-corrected chi connectivity index (χ0v) is 12.1. The van der Waals surface area contributed by atoms with Gasteiger partial charge in [-0.1, -0.05) is 57.9 Å². The standard InChI is InChI=1S/C17H27N/c1-4-18-17(12-14-8-9-14)16-7-5-6-15(11-16)10-13(2)3/h5-7,11,13-14,17-18H,4,8-10,12H2,1-3H3. The van der Waals surface area contributed by atoms with Crippen molar-refractivity contribution in [3.05, 3.63) is 35.4 Å². The molecule has 1 atom stereocenters. The predicted octanol–water partition coefficient (Wildman–Crippen LogP) is 4.34. The molecule has 0 bridgehead atoms. The molecule has 1 fully saturated rings. The Morgan fingerprint density at radius 3 is 2.67 bits per heavy atom. The molecular weight excluding hydrogens is 218 g/mol. The first kappa shape index (κ1) is 13.6. The third kappa shape index (κ3) is 4.13. The summed E-state index contributed by atoms with van der Waals surface area (Å²) < 4.78 is 0. The van der Waals surface area contributed by atoms with E-state index in [9.17, 15) is 0 Å². The Bertz CT molecular complexity index is 366. The molecule has 0 aliphatic heterocycles. The molecule has 0 radical (unpaired) electrons. The average Bonchev–Trinajstić information content (AvgIpc) is 3.12. The molecule has 1 heteroatoms. The van der Waals surface area contributed by atoms with Crippen LogP contribution in [0.4, 0.5) is 0 Å². The number of rotatable bonds is 7. The molecule has 1 nitrogen and oxygen atoms in total. The van der Waals surface area contributed by atoms with Crippen molar-refractivity contribution in [2.45, 2.75) is 52.5 Å². The van der Waals surface area contributed by atoms with Crippen LogP contribution in [0.25, 0.3) is 0 Å². The molecular formula is C17H27N. The molecule has 100 valence electrons. The van der Waals surface area contributed by atoms with Crippen LogP contribution in [0.1, 0.15) is 57.2 Å². The molecule has 1 aromatic carbocycles. The summed E-state index contributed by atoms with van der Waals surface area (Å²) in [4.78, 5) is 0. The van der Waals surface area contributed by atoms with Crippen LogP contribution in [0, 0.1) is 11.8 Å². The second-order valence-electron chi connectivity index (χ2n) is 6.13. The molecule has 0 aromatic heterocycles. The fourth-order valence-electron chi connectivity index (χ4n) is 2.68. The lowest BCUT2D eigenvalue weighted by Gasteiger charge is -2.19. The molecule has 1 aliphatic carbocycles. The van der Waals surface area contributed by atoms with Gasteiger partial charge in [-0.3, -0.25) is 0 Å². The number of nitrogens with one attached hydrogen (secondary N) is 1. The summed E-state index contributed by atoms with van der Waals surface area (Å²) in [5.41, 5.74) is 2.98. The molecule has 1 aliphatic rings. The predicted molar refractivity (Wildman–Crippen MR) is 78.7 cm³/mol. The topological polar surface area (TPSA) is 12.0 Å². The van der Waals surface area contributed by atoms with Crippen LogP contribution in [-0.2, 0) is 6.42 Å². The molecule has 0 spiro atoms. The molecule has 0 heterocycles. The van der Waals surface area contributed by atoms with Crippen LogP contribution < -0.4 is 5.32 Å². The van der Waals surface area contributed by atoms with Crippen molar-refractivity contribution < 1.29 is 0 Å². The van der Waals surface area contributed by atoms with Gasteiger partial charge in [0.05, 0.1) is 0 Å². The number of hydrogen-bond donors (Lipinski definition) is 1. The minimum Gasteiger partial charge on any atom is -0.310 e. The minimum atomic E-state index is 0.564. The van der Waals surface area contributed by atoms with Gasteiger partial charge in [-0.2, -0.15) is 0 Å². The van der Waals surface area contributed by atoms with Gasteiger partial charge in [0.25, 0.3) is 0 Å². The van der Waals surface area contributed by atoms with E-state index >= 15 is 0 Å². The van der Waals surface area contributed by atoms with Crippen molar-refractivity contribution in [1.29, 1.82) is 0 Å². The second kappa shape index (κ2) is 6.38. The van der Waals surface area contributed by atoms with Gasteiger partial charge in [0.15, 0.2) is 0 Å². The van der Waals surface area contributed by atoms with Crippen LogP contribution in [0.2, 0.25) is 0 Å². The quantitative estimate of drug-likeness (QED) is 0.753. The monoisotopic (exact) mass is 245 g/mol. The Morgan fingerprint density at radius 1 is 1.28 bits per heavy atom. The summed E-state index contributed by atoms with van der Waals surface area (Å²) in [7, 11) is 0. The molecule has 18 heavy (non-hydrogen) atoms. The van der Waals surface area contributed by atoms with Gasteiger partial charge in [0.2, 0.25) is 0 Å². The van der Waals surface area contributed by atoms with E-state index in [4.69, 9.17) is 0 Å². The zero-order chi connectivity index (χ0) is 13.0. The summed E-state index contributed by atoms with van der Waals surface area (Å²) in [6.45, 7) is 7.85. The highest BCUT2D eigenvalue weighted by Gasteiger charge is 2.25. The normalized spacial score (nSPS) is 17.1. The van der Waals surface area contributed by atoms with Gasteiger partial charge in [-0.05, 0) is 42.3 Å². The molecule has 1 N–H and O–H groups in total. The van der Waals surface area contributed by atoms with E-state index < -0.39 is 0 Å². The van der Waals surface area contributed by atoms with Crippen LogP contribution in [-0.4, -0.2) is 6.54 Å². The maximum Gasteiger partial charge on any atom is 0.0322 e. The Labute approximate surface area is 112 Å². The smallest absolute Gasteiger partial charge is 0.0322 e. The van der Waals surface area contributed by atoms with Crippen LogP contribution in [0.5, 0.6) is 0 Å². The number of benzene rings is 1. The Hall–Kier alpha value is -0.820. The van der Waals surface area contributed by atoms with E-state index in [2.05, 4.69) is 50.4 Å². The third-order valence-corrected chi connectivity index (χ3v) is 3.71.